The molecule has 1 aromatic carbocycles. The van der Waals surface area contributed by atoms with E-state index in [2.05, 4.69) is 22.4 Å². The zero-order valence-electron chi connectivity index (χ0n) is 12.0. The van der Waals surface area contributed by atoms with Gasteiger partial charge in [-0.05, 0) is 55.9 Å². The van der Waals surface area contributed by atoms with Crippen molar-refractivity contribution in [1.82, 2.24) is 4.98 Å². The lowest BCUT2D eigenvalue weighted by atomic mass is 9.89. The number of benzene rings is 1. The van der Waals surface area contributed by atoms with Crippen molar-refractivity contribution in [1.29, 1.82) is 0 Å². The lowest BCUT2D eigenvalue weighted by Crippen LogP contribution is -2.13. The smallest absolute Gasteiger partial charge is 0.203 e. The first-order chi connectivity index (χ1) is 10.2. The summed E-state index contributed by atoms with van der Waals surface area (Å²) in [5.74, 6) is 0.496. The highest BCUT2D eigenvalue weighted by Gasteiger charge is 2.14. The molecule has 110 valence electrons. The maximum Gasteiger partial charge on any atom is 0.203 e. The third-order valence-electron chi connectivity index (χ3n) is 3.70. The Morgan fingerprint density at radius 3 is 2.90 bits per heavy atom. The van der Waals surface area contributed by atoms with Crippen LogP contribution >= 0.6 is 11.3 Å². The summed E-state index contributed by atoms with van der Waals surface area (Å²) in [4.78, 5) is 4.49. The summed E-state index contributed by atoms with van der Waals surface area (Å²) in [7, 11) is 0. The van der Waals surface area contributed by atoms with Crippen molar-refractivity contribution in [3.63, 3.8) is 0 Å². The molecule has 1 saturated carbocycles. The third-order valence-corrected chi connectivity index (χ3v) is 4.45. The Labute approximate surface area is 127 Å². The molecule has 0 unspecified atom stereocenters. The van der Waals surface area contributed by atoms with E-state index in [9.17, 15) is 4.39 Å². The number of hydrogen-bond acceptors (Lipinski definition) is 4. The topological polar surface area (TPSA) is 37.3 Å². The van der Waals surface area contributed by atoms with Crippen molar-refractivity contribution in [3.8, 4) is 11.3 Å². The Hall–Kier alpha value is -1.75. The molecule has 5 heteroatoms. The van der Waals surface area contributed by atoms with Crippen LogP contribution in [0.4, 0.5) is 9.52 Å². The minimum absolute atomic E-state index is 0.231. The molecule has 1 aliphatic rings. The number of thiazole rings is 1. The van der Waals surface area contributed by atoms with Crippen LogP contribution in [0.3, 0.4) is 0 Å². The highest BCUT2D eigenvalue weighted by Crippen LogP contribution is 2.26. The molecule has 3 rings (SSSR count). The molecule has 1 aliphatic carbocycles. The number of aromatic nitrogens is 1. The van der Waals surface area contributed by atoms with Crippen molar-refractivity contribution in [2.75, 3.05) is 5.43 Å². The van der Waals surface area contributed by atoms with Gasteiger partial charge in [0.2, 0.25) is 5.13 Å². The molecule has 0 aliphatic heterocycles. The van der Waals surface area contributed by atoms with Crippen LogP contribution in [0.1, 0.15) is 32.6 Å². The first-order valence-electron chi connectivity index (χ1n) is 7.23. The molecule has 1 fully saturated rings. The highest BCUT2D eigenvalue weighted by atomic mass is 32.1. The minimum Gasteiger partial charge on any atom is -0.253 e. The van der Waals surface area contributed by atoms with Gasteiger partial charge in [-0.2, -0.15) is 5.10 Å². The van der Waals surface area contributed by atoms with E-state index >= 15 is 0 Å². The predicted octanol–water partition coefficient (Wildman–Crippen LogP) is 4.93. The molecule has 0 saturated heterocycles. The monoisotopic (exact) mass is 303 g/mol. The first-order valence-corrected chi connectivity index (χ1v) is 8.11. The van der Waals surface area contributed by atoms with Gasteiger partial charge < -0.3 is 0 Å². The Morgan fingerprint density at radius 2 is 2.14 bits per heavy atom. The van der Waals surface area contributed by atoms with E-state index < -0.39 is 0 Å². The summed E-state index contributed by atoms with van der Waals surface area (Å²) in [5, 5.41) is 7.21. The Morgan fingerprint density at radius 1 is 1.33 bits per heavy atom. The van der Waals surface area contributed by atoms with E-state index in [1.54, 1.807) is 12.1 Å². The molecule has 0 amide bonds. The van der Waals surface area contributed by atoms with Crippen LogP contribution in [0.25, 0.3) is 11.3 Å². The van der Waals surface area contributed by atoms with Crippen LogP contribution in [0, 0.1) is 11.7 Å². The summed E-state index contributed by atoms with van der Waals surface area (Å²) in [5.41, 5.74) is 6.05. The number of hydrazone groups is 1. The number of rotatable bonds is 3. The fourth-order valence-corrected chi connectivity index (χ4v) is 3.23. The standard InChI is InChI=1S/C16H18FN3S/c1-11-3-2-4-14(9-11)19-20-16-18-15(10-21-16)12-5-7-13(17)8-6-12/h5-8,10-11H,2-4,9H2,1H3,(H,18,20)/b19-14-/t11-/m1/s1. The fraction of sp³-hybridized carbons (Fsp3) is 0.375. The molecular formula is C16H18FN3S. The van der Waals surface area contributed by atoms with Crippen LogP contribution in [0.5, 0.6) is 0 Å². The highest BCUT2D eigenvalue weighted by molar-refractivity contribution is 7.14. The van der Waals surface area contributed by atoms with Crippen molar-refractivity contribution < 1.29 is 4.39 Å². The Bertz CT molecular complexity index is 633. The van der Waals surface area contributed by atoms with Gasteiger partial charge in [-0.1, -0.05) is 6.92 Å². The number of hydrogen-bond donors (Lipinski definition) is 1. The van der Waals surface area contributed by atoms with Gasteiger partial charge in [0.1, 0.15) is 5.82 Å². The van der Waals surface area contributed by atoms with E-state index in [1.807, 2.05) is 5.38 Å². The van der Waals surface area contributed by atoms with Crippen molar-refractivity contribution in [2.45, 2.75) is 32.6 Å². The molecule has 0 spiro atoms. The first kappa shape index (κ1) is 14.2. The van der Waals surface area contributed by atoms with E-state index in [0.29, 0.717) is 0 Å². The third kappa shape index (κ3) is 3.67. The van der Waals surface area contributed by atoms with Crippen LogP contribution in [-0.2, 0) is 0 Å². The number of halogens is 1. The maximum atomic E-state index is 12.9. The van der Waals surface area contributed by atoms with Gasteiger partial charge in [0.25, 0.3) is 0 Å². The van der Waals surface area contributed by atoms with Gasteiger partial charge in [-0.15, -0.1) is 11.3 Å². The lowest BCUT2D eigenvalue weighted by Gasteiger charge is -2.18. The van der Waals surface area contributed by atoms with Crippen LogP contribution in [0.15, 0.2) is 34.7 Å². The Balaban J connectivity index is 1.67. The van der Waals surface area contributed by atoms with Crippen LogP contribution in [-0.4, -0.2) is 10.7 Å². The lowest BCUT2D eigenvalue weighted by molar-refractivity contribution is 0.500. The van der Waals surface area contributed by atoms with E-state index in [1.165, 1.54) is 42.0 Å². The summed E-state index contributed by atoms with van der Waals surface area (Å²) in [6.07, 6.45) is 4.67. The van der Waals surface area contributed by atoms with Gasteiger partial charge in [0, 0.05) is 16.7 Å². The second kappa shape index (κ2) is 6.35. The summed E-state index contributed by atoms with van der Waals surface area (Å²) in [6.45, 7) is 2.27. The number of nitrogens with one attached hydrogen (secondary N) is 1. The van der Waals surface area contributed by atoms with Crippen LogP contribution < -0.4 is 5.43 Å². The minimum atomic E-state index is -0.231. The molecule has 1 aromatic heterocycles. The second-order valence-electron chi connectivity index (χ2n) is 5.54. The number of nitrogens with zero attached hydrogens (tertiary/aromatic N) is 2. The molecule has 0 radical (unpaired) electrons. The fourth-order valence-electron chi connectivity index (χ4n) is 2.57. The molecule has 2 aromatic rings. The Kier molecular flexibility index (Phi) is 4.29. The quantitative estimate of drug-likeness (QED) is 0.817. The zero-order chi connectivity index (χ0) is 14.7. The van der Waals surface area contributed by atoms with E-state index in [4.69, 9.17) is 0 Å². The second-order valence-corrected chi connectivity index (χ2v) is 6.39. The maximum absolute atomic E-state index is 12.9. The molecule has 21 heavy (non-hydrogen) atoms. The van der Waals surface area contributed by atoms with Gasteiger partial charge in [-0.25, -0.2) is 9.37 Å². The molecule has 0 bridgehead atoms. The van der Waals surface area contributed by atoms with Gasteiger partial charge in [0.15, 0.2) is 0 Å². The van der Waals surface area contributed by atoms with Crippen molar-refractivity contribution in [3.05, 3.63) is 35.5 Å². The zero-order valence-corrected chi connectivity index (χ0v) is 12.8. The van der Waals surface area contributed by atoms with Crippen molar-refractivity contribution in [2.24, 2.45) is 11.0 Å². The predicted molar refractivity (Wildman–Crippen MR) is 86.2 cm³/mol. The van der Waals surface area contributed by atoms with E-state index in [-0.39, 0.29) is 5.82 Å². The summed E-state index contributed by atoms with van der Waals surface area (Å²) in [6, 6.07) is 6.38. The summed E-state index contributed by atoms with van der Waals surface area (Å²) < 4.78 is 12.9. The molecule has 1 atom stereocenters. The van der Waals surface area contributed by atoms with E-state index in [0.717, 1.165) is 35.1 Å². The molecule has 1 N–H and O–H groups in total. The SMILES string of the molecule is C[C@@H]1CCC/C(=N/Nc2nc(-c3ccc(F)cc3)cs2)C1. The molecular weight excluding hydrogens is 285 g/mol. The largest absolute Gasteiger partial charge is 0.253 e. The van der Waals surface area contributed by atoms with Crippen LogP contribution in [0.2, 0.25) is 0 Å². The van der Waals surface area contributed by atoms with Crippen molar-refractivity contribution >= 4 is 22.2 Å². The van der Waals surface area contributed by atoms with Gasteiger partial charge in [0.05, 0.1) is 5.69 Å². The van der Waals surface area contributed by atoms with Gasteiger partial charge in [-0.3, -0.25) is 5.43 Å². The molecule has 3 nitrogen and oxygen atoms in total. The molecule has 1 heterocycles. The van der Waals surface area contributed by atoms with Gasteiger partial charge >= 0.3 is 0 Å². The summed E-state index contributed by atoms with van der Waals surface area (Å²) >= 11 is 1.51. The number of anilines is 1. The normalized spacial score (nSPS) is 20.7. The average Bonchev–Trinajstić information content (AvgIpc) is 2.95. The average molecular weight is 303 g/mol.